The zero-order valence-corrected chi connectivity index (χ0v) is 14.8. The topological polar surface area (TPSA) is 50.4 Å². The van der Waals surface area contributed by atoms with Crippen molar-refractivity contribution in [2.75, 3.05) is 25.1 Å². The number of hydrogen-bond acceptors (Lipinski definition) is 3. The summed E-state index contributed by atoms with van der Waals surface area (Å²) in [4.78, 5) is 11.1. The molecule has 4 nitrogen and oxygen atoms in total. The molecule has 0 aliphatic carbocycles. The molecule has 0 aromatic heterocycles. The smallest absolute Gasteiger partial charge is 0.221 e. The van der Waals surface area contributed by atoms with E-state index in [9.17, 15) is 4.79 Å². The first-order valence-corrected chi connectivity index (χ1v) is 8.88. The van der Waals surface area contributed by atoms with Crippen LogP contribution in [0.1, 0.15) is 30.9 Å². The maximum absolute atomic E-state index is 11.1. The minimum absolute atomic E-state index is 0.0461. The van der Waals surface area contributed by atoms with Crippen LogP contribution in [0.25, 0.3) is 0 Å². The summed E-state index contributed by atoms with van der Waals surface area (Å²) in [5.41, 5.74) is 3.59. The van der Waals surface area contributed by atoms with Gasteiger partial charge in [-0.05, 0) is 36.1 Å². The van der Waals surface area contributed by atoms with Gasteiger partial charge in [-0.25, -0.2) is 0 Å². The van der Waals surface area contributed by atoms with Crippen molar-refractivity contribution in [1.82, 2.24) is 5.32 Å². The van der Waals surface area contributed by atoms with Crippen molar-refractivity contribution >= 4 is 11.6 Å². The van der Waals surface area contributed by atoms with Crippen molar-refractivity contribution in [1.29, 1.82) is 0 Å². The average Bonchev–Trinajstić information content (AvgIpc) is 2.64. The Hall–Kier alpha value is -2.17. The zero-order chi connectivity index (χ0) is 17.5. The Kier molecular flexibility index (Phi) is 5.84. The van der Waals surface area contributed by atoms with Crippen LogP contribution in [0.5, 0.6) is 0 Å². The molecular formula is C21H26N2O2. The standard InChI is InChI=1S/C21H26N2O2/c1-17(24)23-20-9-7-18(8-10-20)15-22-16-21(11-13-25-14-12-21)19-5-3-2-4-6-19/h2-10,22H,11-16H2,1H3,(H,23,24). The van der Waals surface area contributed by atoms with Crippen LogP contribution in [0.2, 0.25) is 0 Å². The quantitative estimate of drug-likeness (QED) is 0.848. The van der Waals surface area contributed by atoms with E-state index in [0.29, 0.717) is 0 Å². The molecule has 1 heterocycles. The summed E-state index contributed by atoms with van der Waals surface area (Å²) in [6, 6.07) is 18.8. The van der Waals surface area contributed by atoms with Crippen molar-refractivity contribution in [3.63, 3.8) is 0 Å². The maximum Gasteiger partial charge on any atom is 0.221 e. The number of carbonyl (C=O) groups excluding carboxylic acids is 1. The molecule has 2 N–H and O–H groups in total. The van der Waals surface area contributed by atoms with Gasteiger partial charge in [0.25, 0.3) is 0 Å². The summed E-state index contributed by atoms with van der Waals surface area (Å²) < 4.78 is 5.59. The molecular weight excluding hydrogens is 312 g/mol. The minimum Gasteiger partial charge on any atom is -0.381 e. The predicted molar refractivity (Wildman–Crippen MR) is 101 cm³/mol. The van der Waals surface area contributed by atoms with Crippen molar-refractivity contribution < 1.29 is 9.53 Å². The first-order valence-electron chi connectivity index (χ1n) is 8.88. The largest absolute Gasteiger partial charge is 0.381 e. The van der Waals surface area contributed by atoms with Crippen molar-refractivity contribution in [2.24, 2.45) is 0 Å². The molecule has 2 aromatic carbocycles. The number of ether oxygens (including phenoxy) is 1. The van der Waals surface area contributed by atoms with E-state index in [4.69, 9.17) is 4.74 Å². The van der Waals surface area contributed by atoms with E-state index in [0.717, 1.165) is 44.8 Å². The van der Waals surface area contributed by atoms with Gasteiger partial charge in [0.15, 0.2) is 0 Å². The molecule has 132 valence electrons. The Morgan fingerprint density at radius 1 is 1.04 bits per heavy atom. The van der Waals surface area contributed by atoms with Crippen LogP contribution in [0.4, 0.5) is 5.69 Å². The molecule has 3 rings (SSSR count). The number of benzene rings is 2. The van der Waals surface area contributed by atoms with Gasteiger partial charge in [0.2, 0.25) is 5.91 Å². The number of amides is 1. The van der Waals surface area contributed by atoms with Crippen LogP contribution in [-0.4, -0.2) is 25.7 Å². The van der Waals surface area contributed by atoms with Crippen LogP contribution in [0.15, 0.2) is 54.6 Å². The fraction of sp³-hybridized carbons (Fsp3) is 0.381. The van der Waals surface area contributed by atoms with E-state index in [1.54, 1.807) is 0 Å². The first kappa shape index (κ1) is 17.6. The number of anilines is 1. The SMILES string of the molecule is CC(=O)Nc1ccc(CNCC2(c3ccccc3)CCOCC2)cc1. The Morgan fingerprint density at radius 3 is 2.36 bits per heavy atom. The lowest BCUT2D eigenvalue weighted by atomic mass is 9.74. The van der Waals surface area contributed by atoms with E-state index in [1.807, 2.05) is 12.1 Å². The lowest BCUT2D eigenvalue weighted by Gasteiger charge is -2.38. The van der Waals surface area contributed by atoms with E-state index >= 15 is 0 Å². The van der Waals surface area contributed by atoms with Gasteiger partial charge in [-0.3, -0.25) is 4.79 Å². The lowest BCUT2D eigenvalue weighted by molar-refractivity contribution is -0.114. The molecule has 0 unspecified atom stereocenters. The molecule has 0 saturated carbocycles. The van der Waals surface area contributed by atoms with Crippen LogP contribution >= 0.6 is 0 Å². The molecule has 1 amide bonds. The summed E-state index contributed by atoms with van der Waals surface area (Å²) in [6.45, 7) is 4.92. The van der Waals surface area contributed by atoms with Gasteiger partial charge in [-0.1, -0.05) is 42.5 Å². The molecule has 0 radical (unpaired) electrons. The van der Waals surface area contributed by atoms with Crippen LogP contribution in [-0.2, 0) is 21.5 Å². The maximum atomic E-state index is 11.1. The molecule has 1 saturated heterocycles. The fourth-order valence-electron chi connectivity index (χ4n) is 3.48. The van der Waals surface area contributed by atoms with Crippen LogP contribution in [0.3, 0.4) is 0 Å². The molecule has 0 bridgehead atoms. The van der Waals surface area contributed by atoms with E-state index in [-0.39, 0.29) is 11.3 Å². The zero-order valence-electron chi connectivity index (χ0n) is 14.8. The highest BCUT2D eigenvalue weighted by molar-refractivity contribution is 5.88. The van der Waals surface area contributed by atoms with E-state index in [2.05, 4.69) is 53.1 Å². The number of nitrogens with one attached hydrogen (secondary N) is 2. The minimum atomic E-state index is -0.0461. The fourth-order valence-corrected chi connectivity index (χ4v) is 3.48. The average molecular weight is 338 g/mol. The Labute approximate surface area is 149 Å². The summed E-state index contributed by atoms with van der Waals surface area (Å²) in [5, 5.41) is 6.42. The van der Waals surface area contributed by atoms with Crippen molar-refractivity contribution in [3.05, 3.63) is 65.7 Å². The number of rotatable bonds is 6. The Bertz CT molecular complexity index is 677. The molecule has 1 aliphatic rings. The molecule has 4 heteroatoms. The molecule has 0 atom stereocenters. The van der Waals surface area contributed by atoms with Crippen LogP contribution in [0, 0.1) is 0 Å². The molecule has 25 heavy (non-hydrogen) atoms. The van der Waals surface area contributed by atoms with Gasteiger partial charge >= 0.3 is 0 Å². The lowest BCUT2D eigenvalue weighted by Crippen LogP contribution is -2.42. The second-order valence-corrected chi connectivity index (χ2v) is 6.74. The third-order valence-corrected chi connectivity index (χ3v) is 4.90. The summed E-state index contributed by atoms with van der Waals surface area (Å²) in [5.74, 6) is -0.0461. The second-order valence-electron chi connectivity index (χ2n) is 6.74. The molecule has 2 aromatic rings. The van der Waals surface area contributed by atoms with Gasteiger partial charge in [-0.15, -0.1) is 0 Å². The summed E-state index contributed by atoms with van der Waals surface area (Å²) in [6.07, 6.45) is 2.09. The van der Waals surface area contributed by atoms with Gasteiger partial charge in [0, 0.05) is 44.3 Å². The number of hydrogen-bond donors (Lipinski definition) is 2. The van der Waals surface area contributed by atoms with E-state index < -0.39 is 0 Å². The van der Waals surface area contributed by atoms with Gasteiger partial charge in [0.1, 0.15) is 0 Å². The van der Waals surface area contributed by atoms with Crippen molar-refractivity contribution in [3.8, 4) is 0 Å². The predicted octanol–water partition coefficient (Wildman–Crippen LogP) is 3.48. The highest BCUT2D eigenvalue weighted by Crippen LogP contribution is 2.34. The number of carbonyl (C=O) groups is 1. The van der Waals surface area contributed by atoms with E-state index in [1.165, 1.54) is 18.1 Å². The Morgan fingerprint density at radius 2 is 1.72 bits per heavy atom. The molecule has 1 aliphatic heterocycles. The normalized spacial score (nSPS) is 16.4. The molecule has 1 fully saturated rings. The second kappa shape index (κ2) is 8.28. The summed E-state index contributed by atoms with van der Waals surface area (Å²) >= 11 is 0. The van der Waals surface area contributed by atoms with Crippen molar-refractivity contribution in [2.45, 2.75) is 31.7 Å². The third kappa shape index (κ3) is 4.68. The molecule has 0 spiro atoms. The monoisotopic (exact) mass is 338 g/mol. The van der Waals surface area contributed by atoms with Gasteiger partial charge in [0.05, 0.1) is 0 Å². The van der Waals surface area contributed by atoms with Gasteiger partial charge < -0.3 is 15.4 Å². The Balaban J connectivity index is 1.61. The van der Waals surface area contributed by atoms with Crippen LogP contribution < -0.4 is 10.6 Å². The first-order chi connectivity index (χ1) is 12.2. The van der Waals surface area contributed by atoms with Gasteiger partial charge in [-0.2, -0.15) is 0 Å². The highest BCUT2D eigenvalue weighted by Gasteiger charge is 2.33. The third-order valence-electron chi connectivity index (χ3n) is 4.90. The highest BCUT2D eigenvalue weighted by atomic mass is 16.5. The summed E-state index contributed by atoms with van der Waals surface area (Å²) in [7, 11) is 0.